The number of nitrogens with one attached hydrogen (secondary N) is 2. The highest BCUT2D eigenvalue weighted by molar-refractivity contribution is 5.91. The van der Waals surface area contributed by atoms with E-state index in [2.05, 4.69) is 52.4 Å². The maximum atomic E-state index is 12.3. The number of H-pyrrole nitrogens is 1. The Morgan fingerprint density at radius 1 is 1.33 bits per heavy atom. The second-order valence-corrected chi connectivity index (χ2v) is 6.97. The Hall–Kier alpha value is -3.15. The van der Waals surface area contributed by atoms with Gasteiger partial charge in [-0.3, -0.25) is 4.79 Å². The molecule has 1 atom stereocenters. The topological polar surface area (TPSA) is 75.6 Å². The van der Waals surface area contributed by atoms with E-state index in [-0.39, 0.29) is 11.9 Å². The van der Waals surface area contributed by atoms with Crippen molar-refractivity contribution in [3.63, 3.8) is 0 Å². The molecule has 1 amide bonds. The third-order valence-electron chi connectivity index (χ3n) is 5.24. The van der Waals surface area contributed by atoms with Crippen LogP contribution in [0.25, 0.3) is 11.8 Å². The van der Waals surface area contributed by atoms with Crippen LogP contribution in [0.1, 0.15) is 47.0 Å². The van der Waals surface area contributed by atoms with Gasteiger partial charge in [0, 0.05) is 17.3 Å². The summed E-state index contributed by atoms with van der Waals surface area (Å²) in [5.74, 6) is -0.109. The lowest BCUT2D eigenvalue weighted by atomic mass is 9.92. The van der Waals surface area contributed by atoms with Gasteiger partial charge < -0.3 is 10.3 Å². The molecule has 0 aliphatic heterocycles. The first-order chi connectivity index (χ1) is 13.1. The van der Waals surface area contributed by atoms with Gasteiger partial charge in [-0.25, -0.2) is 9.67 Å². The molecule has 1 aromatic carbocycles. The molecule has 1 aliphatic carbocycles. The summed E-state index contributed by atoms with van der Waals surface area (Å²) >= 11 is 0. The Balaban J connectivity index is 1.57. The number of carbonyl (C=O) groups is 1. The molecule has 1 aliphatic rings. The molecule has 3 aromatic rings. The third kappa shape index (κ3) is 3.43. The van der Waals surface area contributed by atoms with Gasteiger partial charge in [0.05, 0.1) is 36.1 Å². The summed E-state index contributed by atoms with van der Waals surface area (Å²) in [6.45, 7) is 4.24. The molecular weight excluding hydrogens is 338 g/mol. The van der Waals surface area contributed by atoms with Crippen LogP contribution in [0.2, 0.25) is 0 Å². The summed E-state index contributed by atoms with van der Waals surface area (Å²) < 4.78 is 2.04. The molecular formula is C21H23N5O. The van der Waals surface area contributed by atoms with Crippen LogP contribution in [0, 0.1) is 13.8 Å². The first-order valence-corrected chi connectivity index (χ1v) is 9.24. The predicted octanol–water partition coefficient (Wildman–Crippen LogP) is 3.42. The van der Waals surface area contributed by atoms with Crippen LogP contribution in [0.3, 0.4) is 0 Å². The van der Waals surface area contributed by atoms with Crippen LogP contribution in [-0.4, -0.2) is 25.7 Å². The number of benzene rings is 1. The minimum atomic E-state index is -0.109. The first kappa shape index (κ1) is 17.3. The number of aromatic amines is 1. The SMILES string of the molecule is Cc1cccc(-n2ncc3c2CCCC3NC(=O)C=Cc2cnc[nH]2)c1C. The Morgan fingerprint density at radius 3 is 3.04 bits per heavy atom. The van der Waals surface area contributed by atoms with Crippen molar-refractivity contribution >= 4 is 12.0 Å². The number of aromatic nitrogens is 4. The van der Waals surface area contributed by atoms with E-state index in [1.165, 1.54) is 22.9 Å². The lowest BCUT2D eigenvalue weighted by Crippen LogP contribution is -2.29. The van der Waals surface area contributed by atoms with Gasteiger partial charge in [0.15, 0.2) is 0 Å². The van der Waals surface area contributed by atoms with Crippen LogP contribution < -0.4 is 5.32 Å². The van der Waals surface area contributed by atoms with Gasteiger partial charge in [0.2, 0.25) is 5.91 Å². The molecule has 2 heterocycles. The van der Waals surface area contributed by atoms with Crippen molar-refractivity contribution < 1.29 is 4.79 Å². The Kier molecular flexibility index (Phi) is 4.62. The summed E-state index contributed by atoms with van der Waals surface area (Å²) in [6, 6.07) is 6.27. The van der Waals surface area contributed by atoms with Gasteiger partial charge in [-0.15, -0.1) is 0 Å². The van der Waals surface area contributed by atoms with Gasteiger partial charge in [0.25, 0.3) is 0 Å². The molecule has 1 unspecified atom stereocenters. The number of imidazole rings is 1. The van der Waals surface area contributed by atoms with Gasteiger partial charge >= 0.3 is 0 Å². The molecule has 0 spiro atoms. The largest absolute Gasteiger partial charge is 0.346 e. The first-order valence-electron chi connectivity index (χ1n) is 9.24. The normalized spacial score (nSPS) is 16.4. The number of aryl methyl sites for hydroxylation is 1. The van der Waals surface area contributed by atoms with E-state index in [0.29, 0.717) is 0 Å². The molecule has 0 fully saturated rings. The summed E-state index contributed by atoms with van der Waals surface area (Å²) in [6.07, 6.45) is 11.4. The number of nitrogens with zero attached hydrogens (tertiary/aromatic N) is 3. The molecule has 0 saturated carbocycles. The van der Waals surface area contributed by atoms with E-state index >= 15 is 0 Å². The molecule has 6 nitrogen and oxygen atoms in total. The molecule has 2 N–H and O–H groups in total. The number of fused-ring (bicyclic) bond motifs is 1. The lowest BCUT2D eigenvalue weighted by molar-refractivity contribution is -0.117. The number of carbonyl (C=O) groups excluding carboxylic acids is 1. The smallest absolute Gasteiger partial charge is 0.244 e. The van der Waals surface area contributed by atoms with Crippen molar-refractivity contribution in [1.82, 2.24) is 25.1 Å². The van der Waals surface area contributed by atoms with Crippen LogP contribution >= 0.6 is 0 Å². The van der Waals surface area contributed by atoms with Crippen molar-refractivity contribution in [3.8, 4) is 5.69 Å². The van der Waals surface area contributed by atoms with Crippen molar-refractivity contribution in [3.05, 3.63) is 71.1 Å². The molecule has 6 heteroatoms. The zero-order chi connectivity index (χ0) is 18.8. The van der Waals surface area contributed by atoms with Crippen molar-refractivity contribution in [2.24, 2.45) is 0 Å². The minimum absolute atomic E-state index is 0.00784. The Morgan fingerprint density at radius 2 is 2.22 bits per heavy atom. The van der Waals surface area contributed by atoms with E-state index in [1.54, 1.807) is 18.6 Å². The monoisotopic (exact) mass is 361 g/mol. The van der Waals surface area contributed by atoms with Crippen molar-refractivity contribution in [2.45, 2.75) is 39.2 Å². The average Bonchev–Trinajstić information content (AvgIpc) is 3.33. The Bertz CT molecular complexity index is 984. The van der Waals surface area contributed by atoms with Crippen molar-refractivity contribution in [2.75, 3.05) is 0 Å². The van der Waals surface area contributed by atoms with Gasteiger partial charge in [-0.2, -0.15) is 5.10 Å². The highest BCUT2D eigenvalue weighted by Gasteiger charge is 2.26. The summed E-state index contributed by atoms with van der Waals surface area (Å²) in [4.78, 5) is 19.2. The molecule has 0 bridgehead atoms. The molecule has 138 valence electrons. The predicted molar refractivity (Wildman–Crippen MR) is 104 cm³/mol. The molecule has 4 rings (SSSR count). The quantitative estimate of drug-likeness (QED) is 0.699. The fraction of sp³-hybridized carbons (Fsp3) is 0.286. The summed E-state index contributed by atoms with van der Waals surface area (Å²) in [5.41, 5.74) is 6.71. The van der Waals surface area contributed by atoms with E-state index in [9.17, 15) is 4.79 Å². The Labute approximate surface area is 158 Å². The van der Waals surface area contributed by atoms with E-state index < -0.39 is 0 Å². The third-order valence-corrected chi connectivity index (χ3v) is 5.24. The van der Waals surface area contributed by atoms with E-state index in [0.717, 1.165) is 36.2 Å². The van der Waals surface area contributed by atoms with Gasteiger partial charge in [-0.1, -0.05) is 12.1 Å². The number of amides is 1. The maximum Gasteiger partial charge on any atom is 0.244 e. The second-order valence-electron chi connectivity index (χ2n) is 6.97. The van der Waals surface area contributed by atoms with E-state index in [4.69, 9.17) is 0 Å². The fourth-order valence-electron chi connectivity index (χ4n) is 3.62. The zero-order valence-corrected chi connectivity index (χ0v) is 15.6. The molecule has 27 heavy (non-hydrogen) atoms. The summed E-state index contributed by atoms with van der Waals surface area (Å²) in [7, 11) is 0. The molecule has 0 saturated heterocycles. The second kappa shape index (κ2) is 7.23. The number of hydrogen-bond donors (Lipinski definition) is 2. The van der Waals surface area contributed by atoms with Crippen LogP contribution in [-0.2, 0) is 11.2 Å². The average molecular weight is 361 g/mol. The lowest BCUT2D eigenvalue weighted by Gasteiger charge is -2.24. The summed E-state index contributed by atoms with van der Waals surface area (Å²) in [5, 5.41) is 7.76. The van der Waals surface area contributed by atoms with Gasteiger partial charge in [0.1, 0.15) is 0 Å². The number of hydrogen-bond acceptors (Lipinski definition) is 3. The molecule has 0 radical (unpaired) electrons. The van der Waals surface area contributed by atoms with Crippen molar-refractivity contribution in [1.29, 1.82) is 0 Å². The fourth-order valence-corrected chi connectivity index (χ4v) is 3.62. The van der Waals surface area contributed by atoms with E-state index in [1.807, 2.05) is 10.9 Å². The minimum Gasteiger partial charge on any atom is -0.346 e. The number of rotatable bonds is 4. The van der Waals surface area contributed by atoms with Crippen LogP contribution in [0.5, 0.6) is 0 Å². The van der Waals surface area contributed by atoms with Crippen LogP contribution in [0.4, 0.5) is 0 Å². The zero-order valence-electron chi connectivity index (χ0n) is 15.6. The standard InChI is InChI=1S/C21H23N5O/c1-14-5-3-7-19(15(14)2)26-20-8-4-6-18(17(20)12-24-26)25-21(27)10-9-16-11-22-13-23-16/h3,5,7,9-13,18H,4,6,8H2,1-2H3,(H,22,23)(H,25,27). The van der Waals surface area contributed by atoms with Crippen LogP contribution in [0.15, 0.2) is 43.0 Å². The highest BCUT2D eigenvalue weighted by atomic mass is 16.1. The maximum absolute atomic E-state index is 12.3. The van der Waals surface area contributed by atoms with Gasteiger partial charge in [-0.05, 0) is 56.4 Å². The molecule has 2 aromatic heterocycles. The highest BCUT2D eigenvalue weighted by Crippen LogP contribution is 2.32.